The SMILES string of the molecule is O=[N+]([O-])c1ccccc1C1Nc2ccc(OCCCc3ccccc3)cc2C2C=CCC21. The first-order chi connectivity index (χ1) is 15.7. The second kappa shape index (κ2) is 8.87. The maximum absolute atomic E-state index is 11.6. The normalized spacial score (nSPS) is 20.8. The molecule has 1 heterocycles. The minimum absolute atomic E-state index is 0.0956. The van der Waals surface area contributed by atoms with Gasteiger partial charge in [-0.1, -0.05) is 60.7 Å². The van der Waals surface area contributed by atoms with Gasteiger partial charge in [0.05, 0.1) is 23.1 Å². The van der Waals surface area contributed by atoms with E-state index < -0.39 is 0 Å². The smallest absolute Gasteiger partial charge is 0.274 e. The van der Waals surface area contributed by atoms with Gasteiger partial charge in [0.15, 0.2) is 0 Å². The molecule has 3 aromatic rings. The number of hydrogen-bond donors (Lipinski definition) is 1. The van der Waals surface area contributed by atoms with Crippen LogP contribution in [-0.2, 0) is 6.42 Å². The van der Waals surface area contributed by atoms with Crippen LogP contribution >= 0.6 is 0 Å². The first-order valence-corrected chi connectivity index (χ1v) is 11.2. The Bertz CT molecular complexity index is 1140. The van der Waals surface area contributed by atoms with Gasteiger partial charge in [-0.15, -0.1) is 0 Å². The van der Waals surface area contributed by atoms with Crippen LogP contribution in [0.4, 0.5) is 11.4 Å². The number of anilines is 1. The van der Waals surface area contributed by atoms with E-state index in [1.165, 1.54) is 11.1 Å². The summed E-state index contributed by atoms with van der Waals surface area (Å²) in [7, 11) is 0. The van der Waals surface area contributed by atoms with Gasteiger partial charge in [0.25, 0.3) is 5.69 Å². The summed E-state index contributed by atoms with van der Waals surface area (Å²) in [6.45, 7) is 0.671. The summed E-state index contributed by atoms with van der Waals surface area (Å²) in [5.41, 5.74) is 4.49. The van der Waals surface area contributed by atoms with Crippen molar-refractivity contribution in [3.8, 4) is 5.75 Å². The Hall–Kier alpha value is -3.60. The molecular formula is C27H26N2O3. The number of ether oxygens (including phenoxy) is 1. The number of nitro benzene ring substituents is 1. The molecule has 3 unspecified atom stereocenters. The fourth-order valence-corrected chi connectivity index (χ4v) is 5.00. The van der Waals surface area contributed by atoms with E-state index in [1.54, 1.807) is 12.1 Å². The Morgan fingerprint density at radius 2 is 1.81 bits per heavy atom. The molecule has 5 heteroatoms. The van der Waals surface area contributed by atoms with E-state index in [9.17, 15) is 10.1 Å². The van der Waals surface area contributed by atoms with Crippen LogP contribution in [0.1, 0.15) is 41.5 Å². The Morgan fingerprint density at radius 1 is 1.00 bits per heavy atom. The summed E-state index contributed by atoms with van der Waals surface area (Å²) >= 11 is 0. The summed E-state index contributed by atoms with van der Waals surface area (Å²) in [5.74, 6) is 1.35. The number of benzene rings is 3. The van der Waals surface area contributed by atoms with Gasteiger partial charge in [0, 0.05) is 17.7 Å². The molecule has 0 amide bonds. The van der Waals surface area contributed by atoms with Crippen LogP contribution in [-0.4, -0.2) is 11.5 Å². The lowest BCUT2D eigenvalue weighted by Crippen LogP contribution is -2.29. The number of aryl methyl sites for hydroxylation is 1. The third kappa shape index (κ3) is 3.98. The third-order valence-electron chi connectivity index (χ3n) is 6.52. The van der Waals surface area contributed by atoms with Gasteiger partial charge in [-0.25, -0.2) is 0 Å². The quantitative estimate of drug-likeness (QED) is 0.205. The van der Waals surface area contributed by atoms with Gasteiger partial charge < -0.3 is 10.1 Å². The van der Waals surface area contributed by atoms with Gasteiger partial charge >= 0.3 is 0 Å². The van der Waals surface area contributed by atoms with E-state index >= 15 is 0 Å². The molecule has 1 aliphatic carbocycles. The highest BCUT2D eigenvalue weighted by Crippen LogP contribution is 2.51. The zero-order valence-electron chi connectivity index (χ0n) is 17.8. The van der Waals surface area contributed by atoms with Crippen molar-refractivity contribution in [1.29, 1.82) is 0 Å². The van der Waals surface area contributed by atoms with Crippen molar-refractivity contribution in [2.45, 2.75) is 31.2 Å². The summed E-state index contributed by atoms with van der Waals surface area (Å²) < 4.78 is 6.06. The molecule has 3 aromatic carbocycles. The van der Waals surface area contributed by atoms with Crippen molar-refractivity contribution >= 4 is 11.4 Å². The number of hydrogen-bond acceptors (Lipinski definition) is 4. The monoisotopic (exact) mass is 426 g/mol. The van der Waals surface area contributed by atoms with E-state index in [2.05, 4.69) is 47.8 Å². The molecule has 3 atom stereocenters. The van der Waals surface area contributed by atoms with Crippen molar-refractivity contribution in [3.05, 3.63) is 112 Å². The largest absolute Gasteiger partial charge is 0.494 e. The fourth-order valence-electron chi connectivity index (χ4n) is 5.00. The molecule has 32 heavy (non-hydrogen) atoms. The standard InChI is InChI=1S/C27H26N2O3/c30-29(31)26-14-5-4-11-23(26)27-22-13-6-12-21(22)24-18-20(15-16-25(24)28-27)32-17-7-10-19-8-2-1-3-9-19/h1-6,8-9,11-12,14-16,18,21-22,27-28H,7,10,13,17H2. The molecule has 0 bridgehead atoms. The van der Waals surface area contributed by atoms with Gasteiger partial charge in [-0.3, -0.25) is 10.1 Å². The minimum Gasteiger partial charge on any atom is -0.494 e. The van der Waals surface area contributed by atoms with Crippen LogP contribution in [0.5, 0.6) is 5.75 Å². The minimum atomic E-state index is -0.281. The second-order valence-electron chi connectivity index (χ2n) is 8.48. The number of nitro groups is 1. The summed E-state index contributed by atoms with van der Waals surface area (Å²) in [6.07, 6.45) is 7.30. The van der Waals surface area contributed by atoms with E-state index in [4.69, 9.17) is 4.74 Å². The van der Waals surface area contributed by atoms with Crippen LogP contribution < -0.4 is 10.1 Å². The number of fused-ring (bicyclic) bond motifs is 3. The lowest BCUT2D eigenvalue weighted by Gasteiger charge is -2.37. The van der Waals surface area contributed by atoms with Gasteiger partial charge in [0.2, 0.25) is 0 Å². The van der Waals surface area contributed by atoms with E-state index in [1.807, 2.05) is 30.3 Å². The number of rotatable bonds is 7. The molecule has 0 spiro atoms. The number of nitrogens with zero attached hydrogens (tertiary/aromatic N) is 1. The topological polar surface area (TPSA) is 64.4 Å². The predicted octanol–water partition coefficient (Wildman–Crippen LogP) is 6.43. The third-order valence-corrected chi connectivity index (χ3v) is 6.52. The lowest BCUT2D eigenvalue weighted by atomic mass is 9.76. The van der Waals surface area contributed by atoms with Crippen molar-refractivity contribution in [3.63, 3.8) is 0 Å². The first kappa shape index (κ1) is 20.3. The summed E-state index contributed by atoms with van der Waals surface area (Å²) in [6, 6.07) is 23.6. The highest BCUT2D eigenvalue weighted by molar-refractivity contribution is 5.63. The predicted molar refractivity (Wildman–Crippen MR) is 126 cm³/mol. The highest BCUT2D eigenvalue weighted by atomic mass is 16.6. The van der Waals surface area contributed by atoms with Gasteiger partial charge in [-0.2, -0.15) is 0 Å². The van der Waals surface area contributed by atoms with Gasteiger partial charge in [0.1, 0.15) is 5.75 Å². The van der Waals surface area contributed by atoms with Crippen molar-refractivity contribution in [2.75, 3.05) is 11.9 Å². The molecule has 5 rings (SSSR count). The van der Waals surface area contributed by atoms with Crippen LogP contribution in [0.3, 0.4) is 0 Å². The van der Waals surface area contributed by atoms with E-state index in [-0.39, 0.29) is 28.5 Å². The summed E-state index contributed by atoms with van der Waals surface area (Å²) in [4.78, 5) is 11.3. The van der Waals surface area contributed by atoms with Crippen molar-refractivity contribution in [1.82, 2.24) is 0 Å². The molecule has 5 nitrogen and oxygen atoms in total. The molecule has 0 aromatic heterocycles. The van der Waals surface area contributed by atoms with Crippen molar-refractivity contribution in [2.24, 2.45) is 5.92 Å². The number of allylic oxidation sites excluding steroid dienone is 2. The Balaban J connectivity index is 1.33. The molecule has 0 radical (unpaired) electrons. The molecule has 1 aliphatic heterocycles. The molecular weight excluding hydrogens is 400 g/mol. The summed E-state index contributed by atoms with van der Waals surface area (Å²) in [5, 5.41) is 15.2. The molecule has 0 fully saturated rings. The van der Waals surface area contributed by atoms with Crippen LogP contribution in [0, 0.1) is 16.0 Å². The molecule has 1 N–H and O–H groups in total. The molecule has 0 saturated carbocycles. The first-order valence-electron chi connectivity index (χ1n) is 11.2. The molecule has 162 valence electrons. The molecule has 2 aliphatic rings. The number of para-hydroxylation sites is 1. The highest BCUT2D eigenvalue weighted by Gasteiger charge is 2.40. The van der Waals surface area contributed by atoms with Crippen LogP contribution in [0.2, 0.25) is 0 Å². The van der Waals surface area contributed by atoms with Crippen molar-refractivity contribution < 1.29 is 9.66 Å². The zero-order valence-corrected chi connectivity index (χ0v) is 17.8. The average molecular weight is 427 g/mol. The van der Waals surface area contributed by atoms with E-state index in [0.29, 0.717) is 6.61 Å². The average Bonchev–Trinajstić information content (AvgIpc) is 3.32. The maximum atomic E-state index is 11.6. The van der Waals surface area contributed by atoms with Crippen LogP contribution in [0.25, 0.3) is 0 Å². The van der Waals surface area contributed by atoms with Crippen LogP contribution in [0.15, 0.2) is 84.9 Å². The maximum Gasteiger partial charge on any atom is 0.274 e. The van der Waals surface area contributed by atoms with Gasteiger partial charge in [-0.05, 0) is 54.5 Å². The Morgan fingerprint density at radius 3 is 2.66 bits per heavy atom. The zero-order chi connectivity index (χ0) is 21.9. The Kier molecular flexibility index (Phi) is 5.63. The lowest BCUT2D eigenvalue weighted by molar-refractivity contribution is -0.385. The second-order valence-corrected chi connectivity index (χ2v) is 8.48. The fraction of sp³-hybridized carbons (Fsp3) is 0.259. The Labute approximate surface area is 187 Å². The molecule has 0 saturated heterocycles. The van der Waals surface area contributed by atoms with E-state index in [0.717, 1.165) is 36.3 Å². The number of nitrogens with one attached hydrogen (secondary N) is 1.